The minimum atomic E-state index is 0.615. The van der Waals surface area contributed by atoms with Crippen molar-refractivity contribution in [2.45, 2.75) is 6.92 Å². The van der Waals surface area contributed by atoms with E-state index >= 15 is 0 Å². The third kappa shape index (κ3) is 1.74. The molecule has 0 bridgehead atoms. The van der Waals surface area contributed by atoms with Gasteiger partial charge in [0.1, 0.15) is 0 Å². The van der Waals surface area contributed by atoms with Gasteiger partial charge in [0.25, 0.3) is 0 Å². The van der Waals surface area contributed by atoms with E-state index in [9.17, 15) is 0 Å². The van der Waals surface area contributed by atoms with Gasteiger partial charge in [0.15, 0.2) is 0 Å². The van der Waals surface area contributed by atoms with Crippen molar-refractivity contribution in [2.24, 2.45) is 0 Å². The minimum Gasteiger partial charge on any atom is -0.126 e. The Bertz CT molecular complexity index is 181. The molecule has 0 fully saturated rings. The maximum Gasteiger partial charge on any atom is 0.0326 e. The zero-order valence-electron chi connectivity index (χ0n) is 5.97. The van der Waals surface area contributed by atoms with E-state index < -0.39 is 0 Å². The summed E-state index contributed by atoms with van der Waals surface area (Å²) in [5, 5.41) is 0. The Labute approximate surface area is 66.8 Å². The summed E-state index contributed by atoms with van der Waals surface area (Å²) in [6, 6.07) is 10.2. The second-order valence-corrected chi connectivity index (χ2v) is 2.55. The number of halogens is 1. The van der Waals surface area contributed by atoms with E-state index in [0.29, 0.717) is 5.88 Å². The van der Waals surface area contributed by atoms with E-state index in [-0.39, 0.29) is 0 Å². The molecule has 53 valence electrons. The lowest BCUT2D eigenvalue weighted by atomic mass is 10.0. The van der Waals surface area contributed by atoms with Crippen LogP contribution in [0.1, 0.15) is 12.5 Å². The lowest BCUT2D eigenvalue weighted by molar-refractivity contribution is 1.16. The van der Waals surface area contributed by atoms with Gasteiger partial charge >= 0.3 is 0 Å². The SMILES string of the molecule is C[C](CCl)c1ccccc1. The molecule has 0 aliphatic rings. The first-order valence-electron chi connectivity index (χ1n) is 3.28. The molecule has 1 radical (unpaired) electrons. The van der Waals surface area contributed by atoms with Crippen LogP contribution >= 0.6 is 11.6 Å². The van der Waals surface area contributed by atoms with Gasteiger partial charge in [-0.15, -0.1) is 11.6 Å². The standard InChI is InChI=1S/C9H10Cl/c1-8(7-10)9-5-3-2-4-6-9/h2-6H,7H2,1H3. The summed E-state index contributed by atoms with van der Waals surface area (Å²) in [6.45, 7) is 2.04. The Morgan fingerprint density at radius 1 is 1.30 bits per heavy atom. The lowest BCUT2D eigenvalue weighted by Crippen LogP contribution is -1.93. The van der Waals surface area contributed by atoms with Crippen molar-refractivity contribution in [3.05, 3.63) is 41.8 Å². The van der Waals surface area contributed by atoms with Crippen molar-refractivity contribution in [1.82, 2.24) is 0 Å². The molecule has 0 saturated carbocycles. The first kappa shape index (κ1) is 7.62. The van der Waals surface area contributed by atoms with Crippen LogP contribution < -0.4 is 0 Å². The minimum absolute atomic E-state index is 0.615. The second-order valence-electron chi connectivity index (χ2n) is 2.28. The highest BCUT2D eigenvalue weighted by Crippen LogP contribution is 2.13. The maximum atomic E-state index is 5.65. The van der Waals surface area contributed by atoms with Crippen molar-refractivity contribution >= 4 is 11.6 Å². The molecule has 0 saturated heterocycles. The second kappa shape index (κ2) is 3.62. The summed E-state index contributed by atoms with van der Waals surface area (Å²) < 4.78 is 0. The average Bonchev–Trinajstić information content (AvgIpc) is 2.05. The maximum absolute atomic E-state index is 5.65. The van der Waals surface area contributed by atoms with E-state index in [2.05, 4.69) is 12.1 Å². The molecule has 0 N–H and O–H groups in total. The Kier molecular flexibility index (Phi) is 2.76. The highest BCUT2D eigenvalue weighted by Gasteiger charge is 2.01. The molecule has 1 heteroatoms. The molecule has 0 unspecified atom stereocenters. The number of rotatable bonds is 2. The third-order valence-corrected chi connectivity index (χ3v) is 1.87. The number of benzene rings is 1. The normalized spacial score (nSPS) is 10.3. The Morgan fingerprint density at radius 2 is 1.90 bits per heavy atom. The van der Waals surface area contributed by atoms with E-state index in [0.717, 1.165) is 0 Å². The van der Waals surface area contributed by atoms with Crippen LogP contribution in [0.3, 0.4) is 0 Å². The Hall–Kier alpha value is -0.490. The molecule has 0 heterocycles. The molecule has 0 aromatic heterocycles. The first-order chi connectivity index (χ1) is 4.84. The molecule has 0 atom stereocenters. The van der Waals surface area contributed by atoms with Crippen LogP contribution in [-0.2, 0) is 0 Å². The topological polar surface area (TPSA) is 0 Å². The van der Waals surface area contributed by atoms with E-state index in [1.54, 1.807) is 0 Å². The van der Waals surface area contributed by atoms with Crippen molar-refractivity contribution in [3.8, 4) is 0 Å². The van der Waals surface area contributed by atoms with Crippen molar-refractivity contribution in [1.29, 1.82) is 0 Å². The number of hydrogen-bond acceptors (Lipinski definition) is 0. The first-order valence-corrected chi connectivity index (χ1v) is 3.82. The molecule has 0 aliphatic heterocycles. The Morgan fingerprint density at radius 3 is 2.40 bits per heavy atom. The van der Waals surface area contributed by atoms with Crippen LogP contribution in [0.25, 0.3) is 0 Å². The third-order valence-electron chi connectivity index (χ3n) is 1.47. The molecule has 10 heavy (non-hydrogen) atoms. The van der Waals surface area contributed by atoms with Gasteiger partial charge < -0.3 is 0 Å². The van der Waals surface area contributed by atoms with Crippen LogP contribution in [0.2, 0.25) is 0 Å². The largest absolute Gasteiger partial charge is 0.126 e. The van der Waals surface area contributed by atoms with Gasteiger partial charge in [0, 0.05) is 11.8 Å². The highest BCUT2D eigenvalue weighted by molar-refractivity contribution is 6.19. The molecular formula is C9H10Cl. The summed E-state index contributed by atoms with van der Waals surface area (Å²) in [4.78, 5) is 0. The van der Waals surface area contributed by atoms with Gasteiger partial charge in [0.2, 0.25) is 0 Å². The fourth-order valence-corrected chi connectivity index (χ4v) is 0.954. The van der Waals surface area contributed by atoms with Crippen LogP contribution in [0.4, 0.5) is 0 Å². The molecule has 0 amide bonds. The van der Waals surface area contributed by atoms with Gasteiger partial charge in [-0.05, 0) is 5.56 Å². The van der Waals surface area contributed by atoms with Gasteiger partial charge in [-0.1, -0.05) is 37.3 Å². The summed E-state index contributed by atoms with van der Waals surface area (Å²) in [6.07, 6.45) is 0. The van der Waals surface area contributed by atoms with Gasteiger partial charge in [-0.2, -0.15) is 0 Å². The molecule has 0 aliphatic carbocycles. The predicted molar refractivity (Wildman–Crippen MR) is 45.2 cm³/mol. The average molecular weight is 154 g/mol. The highest BCUT2D eigenvalue weighted by atomic mass is 35.5. The molecule has 0 spiro atoms. The van der Waals surface area contributed by atoms with Gasteiger partial charge in [-0.3, -0.25) is 0 Å². The van der Waals surface area contributed by atoms with Crippen LogP contribution in [0.15, 0.2) is 30.3 Å². The Balaban J connectivity index is 2.75. The lowest BCUT2D eigenvalue weighted by Gasteiger charge is -2.04. The van der Waals surface area contributed by atoms with E-state index in [4.69, 9.17) is 11.6 Å². The zero-order chi connectivity index (χ0) is 7.40. The summed E-state index contributed by atoms with van der Waals surface area (Å²) in [5.41, 5.74) is 1.23. The van der Waals surface area contributed by atoms with Crippen molar-refractivity contribution in [3.63, 3.8) is 0 Å². The van der Waals surface area contributed by atoms with Gasteiger partial charge in [-0.25, -0.2) is 0 Å². The summed E-state index contributed by atoms with van der Waals surface area (Å²) in [7, 11) is 0. The van der Waals surface area contributed by atoms with Crippen LogP contribution in [-0.4, -0.2) is 5.88 Å². The van der Waals surface area contributed by atoms with Crippen molar-refractivity contribution in [2.75, 3.05) is 5.88 Å². The summed E-state index contributed by atoms with van der Waals surface area (Å²) >= 11 is 5.65. The fraction of sp³-hybridized carbons (Fsp3) is 0.222. The van der Waals surface area contributed by atoms with Crippen molar-refractivity contribution < 1.29 is 0 Å². The van der Waals surface area contributed by atoms with Gasteiger partial charge in [0.05, 0.1) is 0 Å². The number of alkyl halides is 1. The quantitative estimate of drug-likeness (QED) is 0.574. The molecular weight excluding hydrogens is 144 g/mol. The fourth-order valence-electron chi connectivity index (χ4n) is 0.800. The van der Waals surface area contributed by atoms with E-state index in [1.165, 1.54) is 11.5 Å². The monoisotopic (exact) mass is 153 g/mol. The molecule has 1 rings (SSSR count). The summed E-state index contributed by atoms with van der Waals surface area (Å²) in [5.74, 6) is 1.84. The zero-order valence-corrected chi connectivity index (χ0v) is 6.73. The molecule has 0 nitrogen and oxygen atoms in total. The van der Waals surface area contributed by atoms with Crippen LogP contribution in [0.5, 0.6) is 0 Å². The van der Waals surface area contributed by atoms with Crippen LogP contribution in [0, 0.1) is 5.92 Å². The smallest absolute Gasteiger partial charge is 0.0326 e. The molecule has 1 aromatic rings. The molecule has 1 aromatic carbocycles. The number of hydrogen-bond donors (Lipinski definition) is 0. The predicted octanol–water partition coefficient (Wildman–Crippen LogP) is 2.87. The van der Waals surface area contributed by atoms with E-state index in [1.807, 2.05) is 25.1 Å².